The molecule has 0 heterocycles. The molecular formula is C19H22ClNO2. The van der Waals surface area contributed by atoms with Gasteiger partial charge in [-0.05, 0) is 61.2 Å². The number of anilines is 1. The van der Waals surface area contributed by atoms with E-state index >= 15 is 0 Å². The molecule has 0 aromatic heterocycles. The highest BCUT2D eigenvalue weighted by Crippen LogP contribution is 2.20. The van der Waals surface area contributed by atoms with E-state index in [1.54, 1.807) is 6.07 Å². The molecule has 2 aromatic carbocycles. The van der Waals surface area contributed by atoms with Crippen LogP contribution >= 0.6 is 11.6 Å². The molecule has 3 nitrogen and oxygen atoms in total. The third-order valence-corrected chi connectivity index (χ3v) is 3.85. The topological polar surface area (TPSA) is 38.3 Å². The number of halogens is 1. The highest BCUT2D eigenvalue weighted by molar-refractivity contribution is 6.30. The molecule has 0 radical (unpaired) electrons. The van der Waals surface area contributed by atoms with Crippen LogP contribution in [0.1, 0.15) is 30.9 Å². The van der Waals surface area contributed by atoms with Crippen LogP contribution in [0.5, 0.6) is 5.75 Å². The molecule has 1 amide bonds. The molecule has 0 spiro atoms. The molecule has 2 aromatic rings. The Hall–Kier alpha value is -2.00. The molecule has 23 heavy (non-hydrogen) atoms. The van der Waals surface area contributed by atoms with Crippen LogP contribution in [-0.2, 0) is 11.2 Å². The fraction of sp³-hybridized carbons (Fsp3) is 0.316. The van der Waals surface area contributed by atoms with Gasteiger partial charge in [0.1, 0.15) is 5.75 Å². The first kappa shape index (κ1) is 17.4. The standard InChI is InChI=1S/C19H22ClNO2/c1-3-15-6-9-17(10-7-15)23-12-4-5-19(22)21-18-11-8-16(20)13-14(18)2/h6-11,13H,3-5,12H2,1-2H3,(H,21,22). The fourth-order valence-corrected chi connectivity index (χ4v) is 2.45. The zero-order chi connectivity index (χ0) is 16.7. The first-order valence-electron chi connectivity index (χ1n) is 7.86. The third-order valence-electron chi connectivity index (χ3n) is 3.61. The normalized spacial score (nSPS) is 10.4. The van der Waals surface area contributed by atoms with E-state index in [1.165, 1.54) is 5.56 Å². The Morgan fingerprint density at radius 3 is 2.57 bits per heavy atom. The Kier molecular flexibility index (Phi) is 6.48. The van der Waals surface area contributed by atoms with Crippen molar-refractivity contribution < 1.29 is 9.53 Å². The monoisotopic (exact) mass is 331 g/mol. The molecule has 4 heteroatoms. The van der Waals surface area contributed by atoms with Gasteiger partial charge >= 0.3 is 0 Å². The highest BCUT2D eigenvalue weighted by Gasteiger charge is 2.05. The predicted octanol–water partition coefficient (Wildman–Crippen LogP) is 5.01. The summed E-state index contributed by atoms with van der Waals surface area (Å²) in [4.78, 5) is 11.9. The minimum Gasteiger partial charge on any atom is -0.494 e. The van der Waals surface area contributed by atoms with E-state index in [2.05, 4.69) is 24.4 Å². The van der Waals surface area contributed by atoms with E-state index in [0.717, 1.165) is 23.4 Å². The van der Waals surface area contributed by atoms with Crippen LogP contribution in [0.4, 0.5) is 5.69 Å². The van der Waals surface area contributed by atoms with Gasteiger partial charge in [-0.25, -0.2) is 0 Å². The van der Waals surface area contributed by atoms with Crippen LogP contribution in [0, 0.1) is 6.92 Å². The van der Waals surface area contributed by atoms with Gasteiger partial charge in [0.15, 0.2) is 0 Å². The van der Waals surface area contributed by atoms with Gasteiger partial charge in [0, 0.05) is 17.1 Å². The van der Waals surface area contributed by atoms with E-state index in [4.69, 9.17) is 16.3 Å². The number of carbonyl (C=O) groups is 1. The number of ether oxygens (including phenoxy) is 1. The van der Waals surface area contributed by atoms with E-state index in [0.29, 0.717) is 24.5 Å². The lowest BCUT2D eigenvalue weighted by Gasteiger charge is -2.09. The Labute approximate surface area is 142 Å². The zero-order valence-corrected chi connectivity index (χ0v) is 14.3. The van der Waals surface area contributed by atoms with Gasteiger partial charge in [-0.2, -0.15) is 0 Å². The lowest BCUT2D eigenvalue weighted by atomic mass is 10.2. The lowest BCUT2D eigenvalue weighted by Crippen LogP contribution is -2.13. The van der Waals surface area contributed by atoms with Crippen molar-refractivity contribution in [3.8, 4) is 5.75 Å². The summed E-state index contributed by atoms with van der Waals surface area (Å²) < 4.78 is 5.65. The Balaban J connectivity index is 1.72. The molecule has 0 fully saturated rings. The van der Waals surface area contributed by atoms with Crippen LogP contribution in [0.2, 0.25) is 5.02 Å². The molecule has 0 aliphatic rings. The van der Waals surface area contributed by atoms with E-state index in [-0.39, 0.29) is 5.91 Å². The lowest BCUT2D eigenvalue weighted by molar-refractivity contribution is -0.116. The molecule has 0 atom stereocenters. The first-order valence-corrected chi connectivity index (χ1v) is 8.24. The highest BCUT2D eigenvalue weighted by atomic mass is 35.5. The van der Waals surface area contributed by atoms with Gasteiger partial charge in [-0.3, -0.25) is 4.79 Å². The van der Waals surface area contributed by atoms with Crippen LogP contribution in [-0.4, -0.2) is 12.5 Å². The van der Waals surface area contributed by atoms with Gasteiger partial charge in [-0.15, -0.1) is 0 Å². The largest absolute Gasteiger partial charge is 0.494 e. The SMILES string of the molecule is CCc1ccc(OCCCC(=O)Nc2ccc(Cl)cc2C)cc1. The maximum Gasteiger partial charge on any atom is 0.224 e. The van der Waals surface area contributed by atoms with E-state index in [1.807, 2.05) is 31.2 Å². The van der Waals surface area contributed by atoms with Crippen molar-refractivity contribution in [3.05, 3.63) is 58.6 Å². The maximum atomic E-state index is 11.9. The molecular weight excluding hydrogens is 310 g/mol. The Morgan fingerprint density at radius 2 is 1.91 bits per heavy atom. The Bertz CT molecular complexity index is 653. The number of nitrogens with one attached hydrogen (secondary N) is 1. The predicted molar refractivity (Wildman–Crippen MR) is 95.4 cm³/mol. The molecule has 122 valence electrons. The molecule has 0 aliphatic heterocycles. The summed E-state index contributed by atoms with van der Waals surface area (Å²) in [5.74, 6) is 0.830. The number of rotatable bonds is 7. The molecule has 0 aliphatic carbocycles. The Morgan fingerprint density at radius 1 is 1.17 bits per heavy atom. The van der Waals surface area contributed by atoms with Crippen molar-refractivity contribution in [2.24, 2.45) is 0 Å². The minimum absolute atomic E-state index is 0.0136. The van der Waals surface area contributed by atoms with Crippen LogP contribution in [0.15, 0.2) is 42.5 Å². The number of hydrogen-bond donors (Lipinski definition) is 1. The smallest absolute Gasteiger partial charge is 0.224 e. The van der Waals surface area contributed by atoms with Crippen molar-refractivity contribution in [2.45, 2.75) is 33.1 Å². The number of amides is 1. The van der Waals surface area contributed by atoms with E-state index < -0.39 is 0 Å². The number of carbonyl (C=O) groups excluding carboxylic acids is 1. The molecule has 1 N–H and O–H groups in total. The molecule has 0 bridgehead atoms. The fourth-order valence-electron chi connectivity index (χ4n) is 2.22. The minimum atomic E-state index is -0.0136. The van der Waals surface area contributed by atoms with Gasteiger partial charge < -0.3 is 10.1 Å². The van der Waals surface area contributed by atoms with Crippen molar-refractivity contribution in [3.63, 3.8) is 0 Å². The summed E-state index contributed by atoms with van der Waals surface area (Å²) in [6, 6.07) is 13.5. The summed E-state index contributed by atoms with van der Waals surface area (Å²) in [6.45, 7) is 4.57. The van der Waals surface area contributed by atoms with Crippen LogP contribution in [0.25, 0.3) is 0 Å². The van der Waals surface area contributed by atoms with Gasteiger partial charge in [0.2, 0.25) is 5.91 Å². The average molecular weight is 332 g/mol. The van der Waals surface area contributed by atoms with Crippen LogP contribution in [0.3, 0.4) is 0 Å². The average Bonchev–Trinajstić information content (AvgIpc) is 2.55. The molecule has 0 saturated carbocycles. The quantitative estimate of drug-likeness (QED) is 0.724. The maximum absolute atomic E-state index is 11.9. The summed E-state index contributed by atoms with van der Waals surface area (Å²) in [6.07, 6.45) is 2.12. The molecule has 2 rings (SSSR count). The third kappa shape index (κ3) is 5.61. The molecule has 0 unspecified atom stereocenters. The molecule has 0 saturated heterocycles. The van der Waals surface area contributed by atoms with Crippen LogP contribution < -0.4 is 10.1 Å². The number of aryl methyl sites for hydroxylation is 2. The van der Waals surface area contributed by atoms with Crippen molar-refractivity contribution in [2.75, 3.05) is 11.9 Å². The first-order chi connectivity index (χ1) is 11.1. The number of hydrogen-bond acceptors (Lipinski definition) is 2. The second-order valence-corrected chi connectivity index (χ2v) is 5.89. The van der Waals surface area contributed by atoms with Crippen molar-refractivity contribution >= 4 is 23.2 Å². The second-order valence-electron chi connectivity index (χ2n) is 5.46. The van der Waals surface area contributed by atoms with Gasteiger partial charge in [-0.1, -0.05) is 30.7 Å². The zero-order valence-electron chi connectivity index (χ0n) is 13.6. The van der Waals surface area contributed by atoms with Crippen molar-refractivity contribution in [1.82, 2.24) is 0 Å². The summed E-state index contributed by atoms with van der Waals surface area (Å²) in [7, 11) is 0. The van der Waals surface area contributed by atoms with Gasteiger partial charge in [0.05, 0.1) is 6.61 Å². The summed E-state index contributed by atoms with van der Waals surface area (Å²) in [5.41, 5.74) is 3.05. The van der Waals surface area contributed by atoms with E-state index in [9.17, 15) is 4.79 Å². The number of benzene rings is 2. The summed E-state index contributed by atoms with van der Waals surface area (Å²) >= 11 is 5.90. The summed E-state index contributed by atoms with van der Waals surface area (Å²) in [5, 5.41) is 3.57. The van der Waals surface area contributed by atoms with Gasteiger partial charge in [0.25, 0.3) is 0 Å². The van der Waals surface area contributed by atoms with Crippen molar-refractivity contribution in [1.29, 1.82) is 0 Å². The second kappa shape index (κ2) is 8.59.